The van der Waals surface area contributed by atoms with Crippen LogP contribution in [0.25, 0.3) is 11.1 Å². The summed E-state index contributed by atoms with van der Waals surface area (Å²) in [7, 11) is -3.75. The Morgan fingerprint density at radius 1 is 0.957 bits per heavy atom. The number of nitrogens with two attached hydrogens (primary N) is 2. The van der Waals surface area contributed by atoms with Crippen molar-refractivity contribution in [3.63, 3.8) is 0 Å². The number of anilines is 1. The van der Waals surface area contributed by atoms with Gasteiger partial charge in [0.25, 0.3) is 5.91 Å². The van der Waals surface area contributed by atoms with Crippen LogP contribution in [0.5, 0.6) is 5.75 Å². The Balaban J connectivity index is 1.57. The van der Waals surface area contributed by atoms with Crippen molar-refractivity contribution in [2.45, 2.75) is 89.9 Å². The van der Waals surface area contributed by atoms with E-state index >= 15 is 0 Å². The molecule has 0 aliphatic heterocycles. The average Bonchev–Trinajstić information content (AvgIpc) is 2.99. The fraction of sp³-hybridized carbons (Fsp3) is 0.444. The van der Waals surface area contributed by atoms with Crippen LogP contribution in [0.4, 0.5) is 10.5 Å². The minimum Gasteiger partial charge on any atom is -0.490 e. The number of sulfonamides is 1. The number of ether oxygens (including phenoxy) is 2. The molecule has 1 aliphatic carbocycles. The van der Waals surface area contributed by atoms with E-state index in [1.54, 1.807) is 42.5 Å². The van der Waals surface area contributed by atoms with Crippen molar-refractivity contribution in [1.82, 2.24) is 4.72 Å². The lowest BCUT2D eigenvalue weighted by Gasteiger charge is -2.45. The summed E-state index contributed by atoms with van der Waals surface area (Å²) in [5, 5.41) is 11.2. The number of nitrogen functional groups attached to an aromatic ring is 1. The predicted molar refractivity (Wildman–Crippen MR) is 183 cm³/mol. The number of aliphatic hydroxyl groups excluding tert-OH is 1. The zero-order chi connectivity index (χ0) is 34.4. The topological polar surface area (TPSA) is 171 Å². The number of primary amides is 1. The minimum absolute atomic E-state index is 0.0459. The first kappa shape index (κ1) is 35.8. The molecule has 2 amide bonds. The molecule has 4 rings (SSSR count). The molecule has 1 unspecified atom stereocenters. The van der Waals surface area contributed by atoms with Crippen LogP contribution in [0.1, 0.15) is 93.3 Å². The van der Waals surface area contributed by atoms with Gasteiger partial charge in [0, 0.05) is 17.5 Å². The largest absolute Gasteiger partial charge is 0.490 e. The molecule has 11 heteroatoms. The molecule has 0 heterocycles. The van der Waals surface area contributed by atoms with E-state index < -0.39 is 39.1 Å². The Bertz CT molecular complexity index is 1650. The number of rotatable bonds is 12. The lowest BCUT2D eigenvalue weighted by Crippen LogP contribution is -2.49. The molecule has 1 aliphatic rings. The molecule has 3 aromatic carbocycles. The van der Waals surface area contributed by atoms with Crippen LogP contribution in [0.3, 0.4) is 0 Å². The third-order valence-electron chi connectivity index (χ3n) is 8.96. The van der Waals surface area contributed by atoms with Crippen LogP contribution in [-0.2, 0) is 21.2 Å². The van der Waals surface area contributed by atoms with Crippen molar-refractivity contribution >= 4 is 27.7 Å². The van der Waals surface area contributed by atoms with Crippen LogP contribution < -0.4 is 20.9 Å². The molecule has 1 saturated carbocycles. The smallest absolute Gasteiger partial charge is 0.405 e. The van der Waals surface area contributed by atoms with Gasteiger partial charge in [0.2, 0.25) is 10.0 Å². The van der Waals surface area contributed by atoms with Crippen LogP contribution in [-0.4, -0.2) is 43.5 Å². The highest BCUT2D eigenvalue weighted by atomic mass is 32.2. The predicted octanol–water partition coefficient (Wildman–Crippen LogP) is 6.27. The van der Waals surface area contributed by atoms with Gasteiger partial charge in [0.15, 0.2) is 0 Å². The normalized spacial score (nSPS) is 16.1. The van der Waals surface area contributed by atoms with E-state index in [1.807, 2.05) is 49.8 Å². The van der Waals surface area contributed by atoms with Gasteiger partial charge in [0.1, 0.15) is 11.4 Å². The maximum Gasteiger partial charge on any atom is 0.405 e. The van der Waals surface area contributed by atoms with Gasteiger partial charge in [0.05, 0.1) is 24.0 Å². The van der Waals surface area contributed by atoms with Crippen molar-refractivity contribution in [2.75, 3.05) is 12.0 Å². The Labute approximate surface area is 277 Å². The summed E-state index contributed by atoms with van der Waals surface area (Å²) in [6.45, 7) is 5.88. The van der Waals surface area contributed by atoms with E-state index in [4.69, 9.17) is 20.9 Å². The van der Waals surface area contributed by atoms with E-state index in [-0.39, 0.29) is 18.1 Å². The number of carbonyl (C=O) groups is 2. The van der Waals surface area contributed by atoms with Gasteiger partial charge < -0.3 is 26.0 Å². The third kappa shape index (κ3) is 9.71. The van der Waals surface area contributed by atoms with Gasteiger partial charge in [-0.15, -0.1) is 0 Å². The highest BCUT2D eigenvalue weighted by Crippen LogP contribution is 2.44. The number of amides is 2. The number of aliphatic hydroxyl groups is 1. The SMILES string of the molecule is CC(C)(C)C(CCc1ccc(-c2ccc(C(=O)NS(C)(=O)=O)c(OC3CCCCC3)c2)cc1)(C[C@@H](O)c1ccc(N)cc1)OC(N)=O. The molecule has 0 spiro atoms. The van der Waals surface area contributed by atoms with Crippen LogP contribution in [0.2, 0.25) is 0 Å². The second kappa shape index (κ2) is 14.8. The molecule has 0 bridgehead atoms. The van der Waals surface area contributed by atoms with Crippen molar-refractivity contribution in [2.24, 2.45) is 11.1 Å². The Hall–Kier alpha value is -4.09. The zero-order valence-electron chi connectivity index (χ0n) is 27.6. The molecule has 254 valence electrons. The lowest BCUT2D eigenvalue weighted by atomic mass is 9.69. The molecule has 1 fully saturated rings. The molecule has 2 atom stereocenters. The molecule has 3 aromatic rings. The summed E-state index contributed by atoms with van der Waals surface area (Å²) in [5.41, 5.74) is 13.8. The molecular formula is C36H47N3O7S. The maximum absolute atomic E-state index is 12.8. The van der Waals surface area contributed by atoms with Gasteiger partial charge in [-0.25, -0.2) is 17.9 Å². The highest BCUT2D eigenvalue weighted by Gasteiger charge is 2.46. The van der Waals surface area contributed by atoms with Crippen molar-refractivity contribution in [3.05, 3.63) is 83.4 Å². The van der Waals surface area contributed by atoms with E-state index in [0.29, 0.717) is 29.8 Å². The van der Waals surface area contributed by atoms with E-state index in [0.717, 1.165) is 55.1 Å². The van der Waals surface area contributed by atoms with E-state index in [9.17, 15) is 23.1 Å². The van der Waals surface area contributed by atoms with Gasteiger partial charge in [-0.05, 0) is 85.0 Å². The molecule has 10 nitrogen and oxygen atoms in total. The number of hydrogen-bond acceptors (Lipinski definition) is 8. The van der Waals surface area contributed by atoms with Crippen LogP contribution in [0.15, 0.2) is 66.7 Å². The van der Waals surface area contributed by atoms with Gasteiger partial charge in [-0.2, -0.15) is 0 Å². The lowest BCUT2D eigenvalue weighted by molar-refractivity contribution is -0.0985. The highest BCUT2D eigenvalue weighted by molar-refractivity contribution is 7.89. The molecular weight excluding hydrogens is 618 g/mol. The van der Waals surface area contributed by atoms with Gasteiger partial charge >= 0.3 is 6.09 Å². The first-order chi connectivity index (χ1) is 22.0. The number of aryl methyl sites for hydroxylation is 1. The van der Waals surface area contributed by atoms with Crippen molar-refractivity contribution < 1.29 is 32.6 Å². The summed E-state index contributed by atoms with van der Waals surface area (Å²) in [4.78, 5) is 25.0. The van der Waals surface area contributed by atoms with Gasteiger partial charge in [-0.1, -0.05) is 69.7 Å². The molecule has 47 heavy (non-hydrogen) atoms. The monoisotopic (exact) mass is 665 g/mol. The fourth-order valence-corrected chi connectivity index (χ4v) is 6.60. The van der Waals surface area contributed by atoms with Crippen LogP contribution >= 0.6 is 0 Å². The standard InChI is InChI=1S/C36H47N3O7S/c1-35(2,3)36(46-34(38)42,23-31(40)26-14-17-28(37)18-15-26)21-20-24-10-12-25(13-11-24)27-16-19-30(33(41)39-47(4,43)44)32(22-27)45-29-8-6-5-7-9-29/h10-19,22,29,31,40H,5-9,20-21,23,37H2,1-4H3,(H2,38,42)(H,39,41)/t31-,36?/m1/s1. The number of hydrogen-bond donors (Lipinski definition) is 4. The molecule has 0 saturated heterocycles. The average molecular weight is 666 g/mol. The number of nitrogens with one attached hydrogen (secondary N) is 1. The second-order valence-electron chi connectivity index (χ2n) is 13.5. The summed E-state index contributed by atoms with van der Waals surface area (Å²) >= 11 is 0. The Morgan fingerprint density at radius 2 is 1.57 bits per heavy atom. The fourth-order valence-electron chi connectivity index (χ4n) is 6.15. The second-order valence-corrected chi connectivity index (χ2v) is 15.3. The summed E-state index contributed by atoms with van der Waals surface area (Å²) < 4.78 is 37.7. The quantitative estimate of drug-likeness (QED) is 0.164. The first-order valence-electron chi connectivity index (χ1n) is 16.0. The van der Waals surface area contributed by atoms with Gasteiger partial charge in [-0.3, -0.25) is 4.79 Å². The van der Waals surface area contributed by atoms with E-state index in [1.165, 1.54) is 0 Å². The molecule has 0 aromatic heterocycles. The van der Waals surface area contributed by atoms with Crippen molar-refractivity contribution in [1.29, 1.82) is 0 Å². The minimum atomic E-state index is -3.75. The maximum atomic E-state index is 12.8. The Kier molecular flexibility index (Phi) is 11.2. The molecule has 0 radical (unpaired) electrons. The first-order valence-corrected chi connectivity index (χ1v) is 17.9. The summed E-state index contributed by atoms with van der Waals surface area (Å²) in [5.74, 6) is -0.389. The summed E-state index contributed by atoms with van der Waals surface area (Å²) in [6.07, 6.45) is 5.14. The molecule has 6 N–H and O–H groups in total. The number of carbonyl (C=O) groups excluding carboxylic acids is 2. The summed E-state index contributed by atoms with van der Waals surface area (Å²) in [6, 6.07) is 20.0. The van der Waals surface area contributed by atoms with E-state index in [2.05, 4.69) is 0 Å². The number of benzene rings is 3. The third-order valence-corrected chi connectivity index (χ3v) is 9.52. The van der Waals surface area contributed by atoms with Crippen LogP contribution in [0, 0.1) is 5.41 Å². The van der Waals surface area contributed by atoms with Crippen molar-refractivity contribution in [3.8, 4) is 16.9 Å². The zero-order valence-corrected chi connectivity index (χ0v) is 28.4. The Morgan fingerprint density at radius 3 is 2.15 bits per heavy atom.